The van der Waals surface area contributed by atoms with Crippen molar-refractivity contribution in [1.82, 2.24) is 0 Å². The van der Waals surface area contributed by atoms with Crippen LogP contribution in [0.5, 0.6) is 0 Å². The molecule has 158 valence electrons. The molecule has 5 atom stereocenters. The Hall–Kier alpha value is -1.80. The summed E-state index contributed by atoms with van der Waals surface area (Å²) in [5.41, 5.74) is 2.56. The van der Waals surface area contributed by atoms with Gasteiger partial charge in [0.05, 0.1) is 6.61 Å². The molecule has 1 aliphatic heterocycles. The van der Waals surface area contributed by atoms with Crippen molar-refractivity contribution in [2.45, 2.75) is 37.0 Å². The van der Waals surface area contributed by atoms with Crippen molar-refractivity contribution in [1.29, 1.82) is 0 Å². The highest BCUT2D eigenvalue weighted by molar-refractivity contribution is 7.15. The molecule has 0 bridgehead atoms. The number of benzene rings is 2. The van der Waals surface area contributed by atoms with Crippen LogP contribution in [0.3, 0.4) is 0 Å². The first-order valence-corrected chi connectivity index (χ1v) is 10.9. The number of ether oxygens (including phenoxy) is 1. The van der Waals surface area contributed by atoms with E-state index in [4.69, 9.17) is 16.3 Å². The predicted molar refractivity (Wildman–Crippen MR) is 116 cm³/mol. The highest BCUT2D eigenvalue weighted by atomic mass is 35.5. The molecule has 1 unspecified atom stereocenters. The van der Waals surface area contributed by atoms with Gasteiger partial charge < -0.3 is 20.1 Å². The molecule has 2 heterocycles. The number of hydrogen-bond acceptors (Lipinski definition) is 5. The zero-order valence-corrected chi connectivity index (χ0v) is 17.6. The summed E-state index contributed by atoms with van der Waals surface area (Å²) in [7, 11) is 0. The molecule has 1 aliphatic rings. The van der Waals surface area contributed by atoms with Crippen molar-refractivity contribution >= 4 is 22.9 Å². The zero-order chi connectivity index (χ0) is 21.3. The van der Waals surface area contributed by atoms with E-state index in [1.54, 1.807) is 29.5 Å². The largest absolute Gasteiger partial charge is 0.394 e. The second-order valence-corrected chi connectivity index (χ2v) is 8.94. The van der Waals surface area contributed by atoms with E-state index in [1.807, 2.05) is 18.2 Å². The van der Waals surface area contributed by atoms with E-state index in [2.05, 4.69) is 24.3 Å². The van der Waals surface area contributed by atoms with Crippen molar-refractivity contribution in [3.63, 3.8) is 0 Å². The summed E-state index contributed by atoms with van der Waals surface area (Å²) in [6, 6.07) is 19.4. The maximum atomic E-state index is 14.0. The minimum Gasteiger partial charge on any atom is -0.394 e. The molecule has 0 amide bonds. The second-order valence-electron chi connectivity index (χ2n) is 7.36. The third-order valence-corrected chi connectivity index (χ3v) is 6.83. The minimum absolute atomic E-state index is 0.571. The normalized spacial score (nSPS) is 26.6. The van der Waals surface area contributed by atoms with E-state index in [1.165, 1.54) is 0 Å². The second kappa shape index (κ2) is 9.14. The molecule has 0 aliphatic carbocycles. The summed E-state index contributed by atoms with van der Waals surface area (Å²) < 4.78 is 19.6. The summed E-state index contributed by atoms with van der Waals surface area (Å²) in [6.45, 7) is -0.584. The van der Waals surface area contributed by atoms with E-state index in [0.717, 1.165) is 20.9 Å². The van der Waals surface area contributed by atoms with E-state index in [-0.39, 0.29) is 0 Å². The lowest BCUT2D eigenvalue weighted by atomic mass is 9.91. The molecular formula is C23H22ClFO4S. The van der Waals surface area contributed by atoms with Gasteiger partial charge in [0.15, 0.2) is 6.17 Å². The van der Waals surface area contributed by atoms with E-state index >= 15 is 0 Å². The summed E-state index contributed by atoms with van der Waals surface area (Å²) in [4.78, 5) is 2.28. The fourth-order valence-electron chi connectivity index (χ4n) is 3.68. The highest BCUT2D eigenvalue weighted by Gasteiger charge is 2.45. The SMILES string of the molecule is OC[C@H]1OC(c2ccc(Cl)c(Cc3ccc(-c4ccccc4)s3)c2)[C@H](O)[C@@H](O)[C@@H]1F. The first-order chi connectivity index (χ1) is 14.5. The van der Waals surface area contributed by atoms with Gasteiger partial charge in [-0.15, -0.1) is 11.3 Å². The standard InChI is InChI=1S/C23H22ClFO4S/c24-17-8-6-14(23-22(28)21(27)20(25)18(12-26)29-23)10-15(17)11-16-7-9-19(30-16)13-4-2-1-3-5-13/h1-10,18,20-23,26-28H,11-12H2/t18-,20-,21+,22-,23?/m1/s1. The van der Waals surface area contributed by atoms with Gasteiger partial charge >= 0.3 is 0 Å². The van der Waals surface area contributed by atoms with Crippen molar-refractivity contribution in [3.8, 4) is 10.4 Å². The Kier molecular flexibility index (Phi) is 6.53. The zero-order valence-electron chi connectivity index (χ0n) is 16.0. The Bertz CT molecular complexity index is 994. The van der Waals surface area contributed by atoms with Gasteiger partial charge in [0.2, 0.25) is 0 Å². The Morgan fingerprint density at radius 3 is 2.50 bits per heavy atom. The van der Waals surface area contributed by atoms with Crippen LogP contribution in [0.1, 0.15) is 22.1 Å². The van der Waals surface area contributed by atoms with E-state index < -0.39 is 37.2 Å². The lowest BCUT2D eigenvalue weighted by Gasteiger charge is -2.39. The fourth-order valence-corrected chi connectivity index (χ4v) is 4.90. The maximum absolute atomic E-state index is 14.0. The molecule has 1 saturated heterocycles. The number of aliphatic hydroxyl groups is 3. The summed E-state index contributed by atoms with van der Waals surface area (Å²) in [5.74, 6) is 0. The molecule has 1 fully saturated rings. The van der Waals surface area contributed by atoms with Crippen LogP contribution in [0.15, 0.2) is 60.7 Å². The van der Waals surface area contributed by atoms with Crippen LogP contribution in [0.25, 0.3) is 10.4 Å². The molecule has 3 aromatic rings. The molecule has 2 aromatic carbocycles. The summed E-state index contributed by atoms with van der Waals surface area (Å²) >= 11 is 8.08. The molecule has 4 rings (SSSR count). The van der Waals surface area contributed by atoms with Crippen molar-refractivity contribution in [3.05, 3.63) is 81.7 Å². The average Bonchev–Trinajstić information content (AvgIpc) is 3.23. The molecule has 30 heavy (non-hydrogen) atoms. The Morgan fingerprint density at radius 2 is 1.77 bits per heavy atom. The first kappa shape index (κ1) is 21.4. The van der Waals surface area contributed by atoms with E-state index in [0.29, 0.717) is 17.0 Å². The van der Waals surface area contributed by atoms with Crippen molar-refractivity contribution in [2.75, 3.05) is 6.61 Å². The quantitative estimate of drug-likeness (QED) is 0.548. The van der Waals surface area contributed by atoms with Crippen LogP contribution < -0.4 is 0 Å². The molecule has 1 aromatic heterocycles. The van der Waals surface area contributed by atoms with Crippen molar-refractivity contribution in [2.24, 2.45) is 0 Å². The number of thiophene rings is 1. The van der Waals surface area contributed by atoms with Crippen molar-refractivity contribution < 1.29 is 24.4 Å². The molecule has 4 nitrogen and oxygen atoms in total. The predicted octanol–water partition coefficient (Wildman–Crippen LogP) is 4.15. The van der Waals surface area contributed by atoms with Crippen LogP contribution in [0.4, 0.5) is 4.39 Å². The summed E-state index contributed by atoms with van der Waals surface area (Å²) in [5, 5.41) is 30.2. The van der Waals surface area contributed by atoms with Crippen LogP contribution in [0.2, 0.25) is 5.02 Å². The van der Waals surface area contributed by atoms with Gasteiger partial charge in [-0.05, 0) is 34.9 Å². The maximum Gasteiger partial charge on any atom is 0.157 e. The smallest absolute Gasteiger partial charge is 0.157 e. The molecule has 0 spiro atoms. The monoisotopic (exact) mass is 448 g/mol. The van der Waals surface area contributed by atoms with Gasteiger partial charge in [-0.1, -0.05) is 54.1 Å². The van der Waals surface area contributed by atoms with Crippen LogP contribution in [-0.4, -0.2) is 46.4 Å². The lowest BCUT2D eigenvalue weighted by molar-refractivity contribution is -0.214. The third-order valence-electron chi connectivity index (χ3n) is 5.33. The van der Waals surface area contributed by atoms with Gasteiger partial charge in [-0.2, -0.15) is 0 Å². The Morgan fingerprint density at radius 1 is 1.00 bits per heavy atom. The molecular weight excluding hydrogens is 427 g/mol. The molecule has 3 N–H and O–H groups in total. The van der Waals surface area contributed by atoms with Crippen LogP contribution in [0, 0.1) is 0 Å². The van der Waals surface area contributed by atoms with E-state index in [9.17, 15) is 19.7 Å². The number of rotatable bonds is 5. The number of alkyl halides is 1. The van der Waals surface area contributed by atoms with Gasteiger partial charge in [0.1, 0.15) is 24.4 Å². The first-order valence-electron chi connectivity index (χ1n) is 9.67. The number of aliphatic hydroxyl groups excluding tert-OH is 3. The Balaban J connectivity index is 1.57. The van der Waals surface area contributed by atoms with Gasteiger partial charge in [0.25, 0.3) is 0 Å². The third kappa shape index (κ3) is 4.30. The lowest BCUT2D eigenvalue weighted by Crippen LogP contribution is -2.53. The van der Waals surface area contributed by atoms with Gasteiger partial charge in [-0.3, -0.25) is 0 Å². The fraction of sp³-hybridized carbons (Fsp3) is 0.304. The average molecular weight is 449 g/mol. The summed E-state index contributed by atoms with van der Waals surface area (Å²) in [6.07, 6.45) is -6.49. The minimum atomic E-state index is -1.85. The highest BCUT2D eigenvalue weighted by Crippen LogP contribution is 2.36. The molecule has 0 radical (unpaired) electrons. The Labute approximate surface area is 183 Å². The topological polar surface area (TPSA) is 69.9 Å². The molecule has 0 saturated carbocycles. The number of halogens is 2. The van der Waals surface area contributed by atoms with Crippen LogP contribution in [-0.2, 0) is 11.2 Å². The molecule has 7 heteroatoms. The van der Waals surface area contributed by atoms with Gasteiger partial charge in [-0.25, -0.2) is 4.39 Å². The van der Waals surface area contributed by atoms with Gasteiger partial charge in [0, 0.05) is 21.2 Å². The number of hydrogen-bond donors (Lipinski definition) is 3. The van der Waals surface area contributed by atoms with Crippen LogP contribution >= 0.6 is 22.9 Å².